The van der Waals surface area contributed by atoms with E-state index in [-0.39, 0.29) is 11.9 Å². The van der Waals surface area contributed by atoms with Gasteiger partial charge in [-0.2, -0.15) is 0 Å². The molecule has 124 valence electrons. The van der Waals surface area contributed by atoms with Crippen LogP contribution in [0.4, 0.5) is 4.79 Å². The van der Waals surface area contributed by atoms with Gasteiger partial charge in [-0.25, -0.2) is 4.79 Å². The lowest BCUT2D eigenvalue weighted by molar-refractivity contribution is -0.134. The highest BCUT2D eigenvalue weighted by atomic mass is 16.6. The molecule has 1 aromatic carbocycles. The lowest BCUT2D eigenvalue weighted by Gasteiger charge is -2.39. The van der Waals surface area contributed by atoms with Crippen LogP contribution in [-0.2, 0) is 4.79 Å². The number of carbonyl (C=O) groups is 2. The number of ether oxygens (including phenoxy) is 1. The molecule has 1 aromatic rings. The number of hydrogen-bond acceptors (Lipinski definition) is 3. The zero-order valence-corrected chi connectivity index (χ0v) is 13.7. The highest BCUT2D eigenvalue weighted by molar-refractivity contribution is 5.92. The number of benzene rings is 1. The summed E-state index contributed by atoms with van der Waals surface area (Å²) < 4.78 is 5.38. The Labute approximate surface area is 137 Å². The number of amides is 2. The van der Waals surface area contributed by atoms with Gasteiger partial charge in [0, 0.05) is 7.05 Å². The average Bonchev–Trinajstić information content (AvgIpc) is 2.56. The first kappa shape index (κ1) is 15.8. The summed E-state index contributed by atoms with van der Waals surface area (Å²) in [5.74, 6) is 1.02. The maximum absolute atomic E-state index is 12.1. The molecule has 0 aromatic heterocycles. The topological polar surface area (TPSA) is 58.6 Å². The van der Waals surface area contributed by atoms with E-state index < -0.39 is 12.1 Å². The summed E-state index contributed by atoms with van der Waals surface area (Å²) in [7, 11) is 1.60. The molecule has 1 heterocycles. The van der Waals surface area contributed by atoms with E-state index in [0.29, 0.717) is 11.7 Å². The van der Waals surface area contributed by atoms with E-state index in [1.807, 2.05) is 19.1 Å². The standard InChI is InChI=1S/C18H24N2O3/c1-12-16(17(21)19-12)20(2)18(22)23-15-10-8-14(9-11-15)13-6-4-3-5-7-13/h8-13,16H,3-7H2,1-2H3,(H,19,21)/t12-,16-/m1/s1. The Morgan fingerprint density at radius 2 is 1.83 bits per heavy atom. The van der Waals surface area contributed by atoms with Crippen LogP contribution in [0.2, 0.25) is 0 Å². The van der Waals surface area contributed by atoms with Gasteiger partial charge in [0.05, 0.1) is 6.04 Å². The molecule has 1 saturated heterocycles. The Balaban J connectivity index is 1.59. The van der Waals surface area contributed by atoms with Gasteiger partial charge in [0.1, 0.15) is 11.8 Å². The maximum atomic E-state index is 12.1. The first-order valence-corrected chi connectivity index (χ1v) is 8.41. The molecule has 23 heavy (non-hydrogen) atoms. The van der Waals surface area contributed by atoms with Gasteiger partial charge in [-0.05, 0) is 43.4 Å². The predicted octanol–water partition coefficient (Wildman–Crippen LogP) is 3.05. The zero-order chi connectivity index (χ0) is 16.4. The summed E-state index contributed by atoms with van der Waals surface area (Å²) >= 11 is 0. The summed E-state index contributed by atoms with van der Waals surface area (Å²) in [5.41, 5.74) is 1.32. The minimum Gasteiger partial charge on any atom is -0.410 e. The number of rotatable bonds is 3. The second-order valence-corrected chi connectivity index (χ2v) is 6.62. The molecule has 2 atom stereocenters. The van der Waals surface area contributed by atoms with Gasteiger partial charge in [0.25, 0.3) is 0 Å². The molecular formula is C18H24N2O3. The van der Waals surface area contributed by atoms with Gasteiger partial charge in [0.2, 0.25) is 5.91 Å². The molecular weight excluding hydrogens is 292 g/mol. The van der Waals surface area contributed by atoms with Crippen molar-refractivity contribution in [3.63, 3.8) is 0 Å². The van der Waals surface area contributed by atoms with Crippen LogP contribution in [0, 0.1) is 0 Å². The zero-order valence-electron chi connectivity index (χ0n) is 13.7. The third-order valence-electron chi connectivity index (χ3n) is 4.98. The van der Waals surface area contributed by atoms with Crippen LogP contribution in [0.25, 0.3) is 0 Å². The number of likely N-dealkylation sites (N-methyl/N-ethyl adjacent to an activating group) is 1. The summed E-state index contributed by atoms with van der Waals surface area (Å²) in [4.78, 5) is 25.0. The van der Waals surface area contributed by atoms with Crippen LogP contribution < -0.4 is 10.1 Å². The van der Waals surface area contributed by atoms with Crippen LogP contribution in [-0.4, -0.2) is 36.0 Å². The molecule has 2 fully saturated rings. The van der Waals surface area contributed by atoms with Crippen molar-refractivity contribution < 1.29 is 14.3 Å². The largest absolute Gasteiger partial charge is 0.415 e. The van der Waals surface area contributed by atoms with Crippen molar-refractivity contribution in [3.05, 3.63) is 29.8 Å². The van der Waals surface area contributed by atoms with Crippen LogP contribution in [0.3, 0.4) is 0 Å². The second-order valence-electron chi connectivity index (χ2n) is 6.62. The van der Waals surface area contributed by atoms with Crippen molar-refractivity contribution in [2.24, 2.45) is 0 Å². The number of hydrogen-bond donors (Lipinski definition) is 1. The van der Waals surface area contributed by atoms with Gasteiger partial charge in [0.15, 0.2) is 0 Å². The van der Waals surface area contributed by atoms with Gasteiger partial charge in [-0.1, -0.05) is 31.4 Å². The van der Waals surface area contributed by atoms with Crippen molar-refractivity contribution >= 4 is 12.0 Å². The predicted molar refractivity (Wildman–Crippen MR) is 87.4 cm³/mol. The Bertz CT molecular complexity index is 578. The smallest absolute Gasteiger partial charge is 0.410 e. The van der Waals surface area contributed by atoms with Crippen LogP contribution in [0.5, 0.6) is 5.75 Å². The second kappa shape index (κ2) is 6.60. The SMILES string of the molecule is C[C@H]1NC(=O)[C@@H]1N(C)C(=O)Oc1ccc(C2CCCCC2)cc1. The molecule has 2 aliphatic rings. The molecule has 0 radical (unpaired) electrons. The third-order valence-corrected chi connectivity index (χ3v) is 4.98. The van der Waals surface area contributed by atoms with Crippen molar-refractivity contribution in [1.82, 2.24) is 10.2 Å². The molecule has 5 nitrogen and oxygen atoms in total. The van der Waals surface area contributed by atoms with Gasteiger partial charge < -0.3 is 10.1 Å². The Morgan fingerprint density at radius 3 is 2.39 bits per heavy atom. The van der Waals surface area contributed by atoms with Crippen molar-refractivity contribution in [2.45, 2.75) is 57.0 Å². The van der Waals surface area contributed by atoms with Crippen molar-refractivity contribution in [1.29, 1.82) is 0 Å². The lowest BCUT2D eigenvalue weighted by Crippen LogP contribution is -2.68. The van der Waals surface area contributed by atoms with Crippen LogP contribution in [0.15, 0.2) is 24.3 Å². The minimum absolute atomic E-state index is 0.0336. The fourth-order valence-electron chi connectivity index (χ4n) is 3.56. The fourth-order valence-corrected chi connectivity index (χ4v) is 3.56. The number of carbonyl (C=O) groups excluding carboxylic acids is 2. The summed E-state index contributed by atoms with van der Waals surface area (Å²) in [6, 6.07) is 7.33. The van der Waals surface area contributed by atoms with Crippen LogP contribution in [0.1, 0.15) is 50.5 Å². The van der Waals surface area contributed by atoms with Gasteiger partial charge in [-0.15, -0.1) is 0 Å². The first-order chi connectivity index (χ1) is 11.1. The monoisotopic (exact) mass is 316 g/mol. The summed E-state index contributed by atoms with van der Waals surface area (Å²) in [6.45, 7) is 1.87. The molecule has 5 heteroatoms. The molecule has 0 unspecified atom stereocenters. The third kappa shape index (κ3) is 3.33. The van der Waals surface area contributed by atoms with Crippen molar-refractivity contribution in [2.75, 3.05) is 7.05 Å². The molecule has 1 aliphatic heterocycles. The van der Waals surface area contributed by atoms with E-state index >= 15 is 0 Å². The van der Waals surface area contributed by atoms with Gasteiger partial charge in [-0.3, -0.25) is 9.69 Å². The molecule has 0 bridgehead atoms. The molecule has 1 N–H and O–H groups in total. The first-order valence-electron chi connectivity index (χ1n) is 8.41. The normalized spacial score (nSPS) is 24.5. The van der Waals surface area contributed by atoms with E-state index in [1.165, 1.54) is 42.6 Å². The molecule has 1 aliphatic carbocycles. The molecule has 2 amide bonds. The maximum Gasteiger partial charge on any atom is 0.415 e. The van der Waals surface area contributed by atoms with Gasteiger partial charge >= 0.3 is 6.09 Å². The Kier molecular flexibility index (Phi) is 4.55. The average molecular weight is 316 g/mol. The number of β-lactam (4-membered cyclic amide) rings is 1. The number of nitrogens with one attached hydrogen (secondary N) is 1. The van der Waals surface area contributed by atoms with E-state index in [0.717, 1.165) is 0 Å². The summed E-state index contributed by atoms with van der Waals surface area (Å²) in [5, 5.41) is 2.71. The quantitative estimate of drug-likeness (QED) is 0.872. The van der Waals surface area contributed by atoms with Crippen molar-refractivity contribution in [3.8, 4) is 5.75 Å². The molecule has 0 spiro atoms. The fraction of sp³-hybridized carbons (Fsp3) is 0.556. The van der Waals surface area contributed by atoms with E-state index in [9.17, 15) is 9.59 Å². The lowest BCUT2D eigenvalue weighted by atomic mass is 9.84. The molecule has 3 rings (SSSR count). The molecule has 1 saturated carbocycles. The minimum atomic E-state index is -0.498. The van der Waals surface area contributed by atoms with Crippen LogP contribution >= 0.6 is 0 Å². The van der Waals surface area contributed by atoms with E-state index in [2.05, 4.69) is 17.4 Å². The van der Waals surface area contributed by atoms with E-state index in [1.54, 1.807) is 7.05 Å². The van der Waals surface area contributed by atoms with E-state index in [4.69, 9.17) is 4.74 Å². The highest BCUT2D eigenvalue weighted by Crippen LogP contribution is 2.33. The summed E-state index contributed by atoms with van der Waals surface area (Å²) in [6.07, 6.45) is 5.93. The number of nitrogens with zero attached hydrogens (tertiary/aromatic N) is 1. The Hall–Kier alpha value is -2.04. The highest BCUT2D eigenvalue weighted by Gasteiger charge is 2.41. The Morgan fingerprint density at radius 1 is 1.17 bits per heavy atom.